The molecule has 0 aromatic heterocycles. The summed E-state index contributed by atoms with van der Waals surface area (Å²) in [5, 5.41) is 6.15. The van der Waals surface area contributed by atoms with Crippen LogP contribution in [0.5, 0.6) is 5.75 Å². The van der Waals surface area contributed by atoms with Crippen LogP contribution < -0.4 is 15.4 Å². The Morgan fingerprint density at radius 3 is 2.64 bits per heavy atom. The largest absolute Gasteiger partial charge is 0.497 e. The van der Waals surface area contributed by atoms with Gasteiger partial charge in [0.05, 0.1) is 7.11 Å². The lowest BCUT2D eigenvalue weighted by molar-refractivity contribution is -0.120. The van der Waals surface area contributed by atoms with Crippen molar-refractivity contribution < 1.29 is 9.53 Å². The molecule has 22 heavy (non-hydrogen) atoms. The summed E-state index contributed by atoms with van der Waals surface area (Å²) in [7, 11) is 1.64. The molecule has 4 heteroatoms. The summed E-state index contributed by atoms with van der Waals surface area (Å²) in [5.74, 6) is 0.864. The molecule has 2 aromatic carbocycles. The highest BCUT2D eigenvalue weighted by atomic mass is 16.5. The monoisotopic (exact) mass is 298 g/mol. The molecule has 4 nitrogen and oxygen atoms in total. The Morgan fingerprint density at radius 1 is 1.05 bits per heavy atom. The molecule has 0 fully saturated rings. The average molecular weight is 298 g/mol. The summed E-state index contributed by atoms with van der Waals surface area (Å²) >= 11 is 0. The Labute approximate surface area is 131 Å². The van der Waals surface area contributed by atoms with Crippen molar-refractivity contribution in [2.45, 2.75) is 12.8 Å². The zero-order valence-corrected chi connectivity index (χ0v) is 12.8. The highest BCUT2D eigenvalue weighted by Gasteiger charge is 2.01. The van der Waals surface area contributed by atoms with Crippen LogP contribution in [-0.4, -0.2) is 26.1 Å². The van der Waals surface area contributed by atoms with Gasteiger partial charge in [0.15, 0.2) is 0 Å². The Hall–Kier alpha value is -2.49. The van der Waals surface area contributed by atoms with Crippen molar-refractivity contribution in [3.8, 4) is 5.75 Å². The number of anilines is 1. The molecule has 0 radical (unpaired) electrons. The fraction of sp³-hybridized carbons (Fsp3) is 0.278. The minimum Gasteiger partial charge on any atom is -0.497 e. The third-order valence-electron chi connectivity index (χ3n) is 3.33. The van der Waals surface area contributed by atoms with Crippen molar-refractivity contribution in [3.05, 3.63) is 60.2 Å². The third-order valence-corrected chi connectivity index (χ3v) is 3.33. The van der Waals surface area contributed by atoms with Gasteiger partial charge in [-0.05, 0) is 24.1 Å². The number of hydrogen-bond acceptors (Lipinski definition) is 3. The van der Waals surface area contributed by atoms with Gasteiger partial charge in [-0.3, -0.25) is 4.79 Å². The molecule has 0 saturated heterocycles. The second-order valence-corrected chi connectivity index (χ2v) is 4.99. The van der Waals surface area contributed by atoms with Gasteiger partial charge in [0.2, 0.25) is 5.91 Å². The van der Waals surface area contributed by atoms with E-state index in [0.717, 1.165) is 17.9 Å². The van der Waals surface area contributed by atoms with E-state index in [1.165, 1.54) is 5.56 Å². The molecule has 0 saturated carbocycles. The molecule has 0 bridgehead atoms. The van der Waals surface area contributed by atoms with Gasteiger partial charge in [-0.25, -0.2) is 0 Å². The van der Waals surface area contributed by atoms with E-state index in [4.69, 9.17) is 4.74 Å². The van der Waals surface area contributed by atoms with Crippen molar-refractivity contribution in [1.82, 2.24) is 5.32 Å². The van der Waals surface area contributed by atoms with Crippen molar-refractivity contribution in [1.29, 1.82) is 0 Å². The van der Waals surface area contributed by atoms with Gasteiger partial charge in [-0.1, -0.05) is 36.4 Å². The summed E-state index contributed by atoms with van der Waals surface area (Å²) < 4.78 is 5.16. The average Bonchev–Trinajstić information content (AvgIpc) is 2.56. The van der Waals surface area contributed by atoms with E-state index >= 15 is 0 Å². The Bertz CT molecular complexity index is 585. The molecule has 0 atom stereocenters. The zero-order valence-electron chi connectivity index (χ0n) is 12.8. The van der Waals surface area contributed by atoms with Crippen LogP contribution in [0.15, 0.2) is 54.6 Å². The summed E-state index contributed by atoms with van der Waals surface area (Å²) in [6, 6.07) is 17.8. The lowest BCUT2D eigenvalue weighted by Crippen LogP contribution is -2.27. The molecule has 2 N–H and O–H groups in total. The van der Waals surface area contributed by atoms with Gasteiger partial charge in [0.25, 0.3) is 0 Å². The standard InChI is InChI=1S/C18H22N2O2/c1-22-17-9-5-8-16(14-17)19-13-11-18(21)20-12-10-15-6-3-2-4-7-15/h2-9,14,19H,10-13H2,1H3,(H,20,21). The quantitative estimate of drug-likeness (QED) is 0.788. The number of carbonyl (C=O) groups excluding carboxylic acids is 1. The number of nitrogens with one attached hydrogen (secondary N) is 2. The second kappa shape index (κ2) is 8.72. The second-order valence-electron chi connectivity index (χ2n) is 4.99. The van der Waals surface area contributed by atoms with Crippen LogP contribution in [0.25, 0.3) is 0 Å². The first-order valence-electron chi connectivity index (χ1n) is 7.46. The molecule has 0 aliphatic carbocycles. The Balaban J connectivity index is 1.63. The van der Waals surface area contributed by atoms with Crippen molar-refractivity contribution in [2.24, 2.45) is 0 Å². The van der Waals surface area contributed by atoms with Gasteiger partial charge < -0.3 is 15.4 Å². The maximum absolute atomic E-state index is 11.8. The van der Waals surface area contributed by atoms with Crippen LogP contribution in [0.3, 0.4) is 0 Å². The van der Waals surface area contributed by atoms with E-state index in [2.05, 4.69) is 22.8 Å². The fourth-order valence-electron chi connectivity index (χ4n) is 2.13. The zero-order chi connectivity index (χ0) is 15.6. The van der Waals surface area contributed by atoms with E-state index in [-0.39, 0.29) is 5.91 Å². The maximum Gasteiger partial charge on any atom is 0.221 e. The lowest BCUT2D eigenvalue weighted by atomic mass is 10.1. The van der Waals surface area contributed by atoms with Crippen LogP contribution in [0.4, 0.5) is 5.69 Å². The minimum absolute atomic E-state index is 0.0614. The molecule has 1 amide bonds. The van der Waals surface area contributed by atoms with E-state index in [0.29, 0.717) is 19.5 Å². The van der Waals surface area contributed by atoms with Crippen LogP contribution in [0.1, 0.15) is 12.0 Å². The van der Waals surface area contributed by atoms with E-state index in [9.17, 15) is 4.79 Å². The van der Waals surface area contributed by atoms with E-state index < -0.39 is 0 Å². The number of carbonyl (C=O) groups is 1. The first kappa shape index (κ1) is 15.9. The van der Waals surface area contributed by atoms with Crippen LogP contribution in [0.2, 0.25) is 0 Å². The maximum atomic E-state index is 11.8. The summed E-state index contributed by atoms with van der Waals surface area (Å²) in [6.07, 6.45) is 1.31. The van der Waals surface area contributed by atoms with Crippen LogP contribution in [-0.2, 0) is 11.2 Å². The Morgan fingerprint density at radius 2 is 1.86 bits per heavy atom. The fourth-order valence-corrected chi connectivity index (χ4v) is 2.13. The van der Waals surface area contributed by atoms with Gasteiger partial charge in [-0.15, -0.1) is 0 Å². The number of rotatable bonds is 8. The summed E-state index contributed by atoms with van der Waals surface area (Å²) in [5.41, 5.74) is 2.19. The number of benzene rings is 2. The van der Waals surface area contributed by atoms with E-state index in [1.807, 2.05) is 42.5 Å². The van der Waals surface area contributed by atoms with Gasteiger partial charge >= 0.3 is 0 Å². The predicted molar refractivity (Wildman–Crippen MR) is 89.3 cm³/mol. The molecule has 0 aliphatic rings. The highest BCUT2D eigenvalue weighted by Crippen LogP contribution is 2.16. The molecule has 2 rings (SSSR count). The van der Waals surface area contributed by atoms with Gasteiger partial charge in [0, 0.05) is 31.3 Å². The number of methoxy groups -OCH3 is 1. The number of hydrogen-bond donors (Lipinski definition) is 2. The van der Waals surface area contributed by atoms with E-state index in [1.54, 1.807) is 7.11 Å². The highest BCUT2D eigenvalue weighted by molar-refractivity contribution is 5.76. The van der Waals surface area contributed by atoms with Gasteiger partial charge in [0.1, 0.15) is 5.75 Å². The number of ether oxygens (including phenoxy) is 1. The van der Waals surface area contributed by atoms with Crippen molar-refractivity contribution >= 4 is 11.6 Å². The smallest absolute Gasteiger partial charge is 0.221 e. The van der Waals surface area contributed by atoms with Crippen molar-refractivity contribution in [3.63, 3.8) is 0 Å². The molecule has 0 heterocycles. The van der Waals surface area contributed by atoms with Crippen molar-refractivity contribution in [2.75, 3.05) is 25.5 Å². The first-order chi connectivity index (χ1) is 10.8. The topological polar surface area (TPSA) is 50.4 Å². The Kier molecular flexibility index (Phi) is 6.30. The summed E-state index contributed by atoms with van der Waals surface area (Å²) in [4.78, 5) is 11.8. The first-order valence-corrected chi connectivity index (χ1v) is 7.46. The minimum atomic E-state index is 0.0614. The molecule has 0 aliphatic heterocycles. The number of amides is 1. The molecule has 2 aromatic rings. The lowest BCUT2D eigenvalue weighted by Gasteiger charge is -2.08. The van der Waals surface area contributed by atoms with Crippen LogP contribution >= 0.6 is 0 Å². The molecule has 116 valence electrons. The normalized spacial score (nSPS) is 10.0. The van der Waals surface area contributed by atoms with Gasteiger partial charge in [-0.2, -0.15) is 0 Å². The van der Waals surface area contributed by atoms with Crippen LogP contribution in [0, 0.1) is 0 Å². The summed E-state index contributed by atoms with van der Waals surface area (Å²) in [6.45, 7) is 1.27. The third kappa shape index (κ3) is 5.48. The molecular formula is C18H22N2O2. The molecule has 0 unspecified atom stereocenters. The predicted octanol–water partition coefficient (Wildman–Crippen LogP) is 2.86. The SMILES string of the molecule is COc1cccc(NCCC(=O)NCCc2ccccc2)c1. The molecule has 0 spiro atoms. The molecular weight excluding hydrogens is 276 g/mol.